The van der Waals surface area contributed by atoms with E-state index in [0.717, 1.165) is 12.6 Å². The number of nitrogens with two attached hydrogens (primary N) is 2. The number of aliphatic hydroxyl groups is 4. The first-order valence-electron chi connectivity index (χ1n) is 35.2. The number of primary amides is 1. The maximum atomic E-state index is 15.5. The number of benzene rings is 2. The van der Waals surface area contributed by atoms with Crippen molar-refractivity contribution in [2.45, 2.75) is 200 Å². The first-order valence-corrected chi connectivity index (χ1v) is 35.2. The van der Waals surface area contributed by atoms with E-state index < -0.39 is 199 Å². The molecule has 2 aliphatic rings. The van der Waals surface area contributed by atoms with Gasteiger partial charge in [0.05, 0.1) is 44.6 Å². The Bertz CT molecular complexity index is 3290. The largest absolute Gasteiger partial charge is 0.453 e. The van der Waals surface area contributed by atoms with Gasteiger partial charge >= 0.3 is 12.0 Å². The fourth-order valence-electron chi connectivity index (χ4n) is 11.2. The fourth-order valence-corrected chi connectivity index (χ4v) is 11.2. The Hall–Kier alpha value is -9.62. The second-order valence-corrected chi connectivity index (χ2v) is 27.8. The molecule has 2 aromatic rings. The molecule has 4 rings (SSSR count). The first-order chi connectivity index (χ1) is 49.5. The zero-order valence-electron chi connectivity index (χ0n) is 61.4. The van der Waals surface area contributed by atoms with Crippen molar-refractivity contribution in [3.63, 3.8) is 0 Å². The highest BCUT2D eigenvalue weighted by Crippen LogP contribution is 2.26. The average molecular weight is 1480 g/mol. The second kappa shape index (κ2) is 43.0. The van der Waals surface area contributed by atoms with Gasteiger partial charge in [-0.1, -0.05) is 106 Å². The van der Waals surface area contributed by atoms with E-state index in [-0.39, 0.29) is 62.5 Å². The van der Waals surface area contributed by atoms with Gasteiger partial charge in [-0.3, -0.25) is 63.5 Å². The zero-order valence-corrected chi connectivity index (χ0v) is 61.4. The van der Waals surface area contributed by atoms with Crippen molar-refractivity contribution < 1.29 is 92.2 Å². The molecule has 36 nitrogen and oxygen atoms in total. The van der Waals surface area contributed by atoms with Crippen LogP contribution in [0.1, 0.15) is 126 Å². The van der Waals surface area contributed by atoms with Crippen LogP contribution >= 0.6 is 0 Å². The number of nitrogens with one attached hydrogen (secondary N) is 14. The molecule has 0 spiro atoms. The van der Waals surface area contributed by atoms with Crippen molar-refractivity contribution in [1.29, 1.82) is 5.41 Å². The van der Waals surface area contributed by atoms with Crippen LogP contribution in [0.3, 0.4) is 0 Å². The van der Waals surface area contributed by atoms with E-state index in [0.29, 0.717) is 32.0 Å². The number of cyclic esters (lactones) is 1. The van der Waals surface area contributed by atoms with Gasteiger partial charge in [-0.25, -0.2) is 9.59 Å². The summed E-state index contributed by atoms with van der Waals surface area (Å²) in [4.78, 5) is 187. The number of rotatable bonds is 25. The van der Waals surface area contributed by atoms with E-state index in [2.05, 4.69) is 63.4 Å². The van der Waals surface area contributed by atoms with E-state index in [9.17, 15) is 73.2 Å². The number of hydrogen-bond donors (Lipinski definition) is 20. The normalized spacial score (nSPS) is 23.6. The molecule has 0 unspecified atom stereocenters. The highest BCUT2D eigenvalue weighted by molar-refractivity contribution is 6.02. The van der Waals surface area contributed by atoms with Crippen LogP contribution in [0, 0.1) is 35.0 Å². The number of morpholine rings is 1. The number of hydrogen-bond acceptors (Lipinski definition) is 22. The van der Waals surface area contributed by atoms with Crippen molar-refractivity contribution in [3.8, 4) is 0 Å². The molecule has 2 fully saturated rings. The number of ether oxygens (including phenoxy) is 2. The van der Waals surface area contributed by atoms with E-state index in [1.165, 1.54) is 44.2 Å². The van der Waals surface area contributed by atoms with Gasteiger partial charge < -0.3 is 110 Å². The van der Waals surface area contributed by atoms with Crippen LogP contribution < -0.4 is 85.5 Å². The summed E-state index contributed by atoms with van der Waals surface area (Å²) in [7, 11) is 0. The minimum Gasteiger partial charge on any atom is -0.453 e. The maximum Gasteiger partial charge on any atom is 0.331 e. The Kier molecular flexibility index (Phi) is 35.9. The molecule has 36 heteroatoms. The van der Waals surface area contributed by atoms with Crippen LogP contribution in [0.5, 0.6) is 0 Å². The molecule has 105 heavy (non-hydrogen) atoms. The van der Waals surface area contributed by atoms with Crippen LogP contribution in [0.25, 0.3) is 0 Å². The van der Waals surface area contributed by atoms with E-state index in [1.54, 1.807) is 53.7 Å². The summed E-state index contributed by atoms with van der Waals surface area (Å²) < 4.78 is 11.4. The molecule has 13 amide bonds. The number of aliphatic hydroxyl groups excluding tert-OH is 4. The minimum absolute atomic E-state index is 0.0538. The van der Waals surface area contributed by atoms with Crippen molar-refractivity contribution in [2.24, 2.45) is 41.1 Å². The summed E-state index contributed by atoms with van der Waals surface area (Å²) in [6, 6.07) is -4.93. The molecule has 2 aliphatic heterocycles. The topological polar surface area (TPSA) is 557 Å². The summed E-state index contributed by atoms with van der Waals surface area (Å²) in [6.07, 6.45) is -8.47. The lowest BCUT2D eigenvalue weighted by Crippen LogP contribution is -2.64. The Labute approximate surface area is 610 Å². The summed E-state index contributed by atoms with van der Waals surface area (Å²) in [5.41, 5.74) is 12.9. The smallest absolute Gasteiger partial charge is 0.331 e. The Morgan fingerprint density at radius 2 is 1.23 bits per heavy atom. The van der Waals surface area contributed by atoms with Crippen LogP contribution in [0.2, 0.25) is 0 Å². The Morgan fingerprint density at radius 1 is 0.657 bits per heavy atom. The predicted octanol–water partition coefficient (Wildman–Crippen LogP) is -3.53. The molecule has 2 aromatic carbocycles. The van der Waals surface area contributed by atoms with E-state index >= 15 is 9.59 Å². The number of urea groups is 1. The molecule has 0 radical (unpaired) electrons. The van der Waals surface area contributed by atoms with E-state index in [1.807, 2.05) is 36.6 Å². The van der Waals surface area contributed by atoms with Crippen molar-refractivity contribution in [1.82, 2.24) is 63.8 Å². The second-order valence-electron chi connectivity index (χ2n) is 27.8. The third-order valence-corrected chi connectivity index (χ3v) is 17.2. The molecule has 0 bridgehead atoms. The summed E-state index contributed by atoms with van der Waals surface area (Å²) in [6.45, 7) is 17.7. The van der Waals surface area contributed by atoms with E-state index in [4.69, 9.17) is 26.4 Å². The number of anilines is 2. The monoisotopic (exact) mass is 1480 g/mol. The number of nitrogens with zero attached hydrogens (tertiary/aromatic N) is 1. The predicted molar refractivity (Wildman–Crippen MR) is 383 cm³/mol. The Balaban J connectivity index is 1.89. The lowest BCUT2D eigenvalue weighted by atomic mass is 9.95. The van der Waals surface area contributed by atoms with Gasteiger partial charge in [0.15, 0.2) is 24.2 Å². The van der Waals surface area contributed by atoms with Gasteiger partial charge in [-0.2, -0.15) is 0 Å². The quantitative estimate of drug-likeness (QED) is 0.0198. The summed E-state index contributed by atoms with van der Waals surface area (Å²) in [5, 5.41) is 84.8. The van der Waals surface area contributed by atoms with Gasteiger partial charge in [0.25, 0.3) is 0 Å². The molecule has 15 atom stereocenters. The van der Waals surface area contributed by atoms with Crippen molar-refractivity contribution in [3.05, 3.63) is 60.2 Å². The Morgan fingerprint density at radius 3 is 1.80 bits per heavy atom. The van der Waals surface area contributed by atoms with Gasteiger partial charge in [0, 0.05) is 31.0 Å². The maximum absolute atomic E-state index is 15.5. The van der Waals surface area contributed by atoms with Crippen LogP contribution in [-0.4, -0.2) is 228 Å². The summed E-state index contributed by atoms with van der Waals surface area (Å²) in [5.74, 6) is -17.8. The molecular formula is C69H109N17O19. The molecule has 2 heterocycles. The molecule has 584 valence electrons. The molecular weight excluding hydrogens is 1370 g/mol. The van der Waals surface area contributed by atoms with Gasteiger partial charge in [-0.05, 0) is 98.4 Å². The summed E-state index contributed by atoms with van der Waals surface area (Å²) >= 11 is 0. The third-order valence-electron chi connectivity index (χ3n) is 17.2. The molecule has 0 saturated carbocycles. The van der Waals surface area contributed by atoms with Gasteiger partial charge in [-0.15, -0.1) is 0 Å². The van der Waals surface area contributed by atoms with Gasteiger partial charge in [0.2, 0.25) is 65.0 Å². The number of guanidine groups is 1. The molecule has 0 aliphatic carbocycles. The van der Waals surface area contributed by atoms with Crippen LogP contribution in [0.4, 0.5) is 16.2 Å². The van der Waals surface area contributed by atoms with Crippen LogP contribution in [-0.2, 0) is 67.0 Å². The standard InChI is InChI=1S/C69H109N17O19/c1-12-38(10)49-63(98)82-50(39(11)88)62(97)74-32-48(89)80-52(55(91)57(71)92)65(100)79-47(33-87)67(102)105-56(40-17-14-13-15-18-40)53(84-61(96)46(31-36(6)7)77-58(93)43(70)29-34(2)3)66(101)83-51(54(90)37(8)9)64(99)78-45(30-35(4)5)60(95)76-44(59(94)81-49)19-16-24-73-68(72)85-69(103)75-41-20-22-42(23-21-41)86-25-27-104-28-26-86/h13-15,17-18,20-23,34-39,43-47,49-56,87-88,90-91H,12,16,19,24-33,70H2,1-11H3,(H2,71,92)(H,74,97)(H,76,95)(H,77,93)(H,78,99)(H,79,100)(H,80,89)(H,81,94)(H,82,98)(H,83,101)(H,84,96)(H4,72,73,75,85,103)/t38-,39-,43+,44+,45-,46-,47-,49-,50-,51-,52-,53-,54+,55-,56+/m0/s1. The third kappa shape index (κ3) is 28.4. The zero-order chi connectivity index (χ0) is 78.5. The number of carbonyl (C=O) groups excluding carboxylic acids is 13. The van der Waals surface area contributed by atoms with Crippen molar-refractivity contribution in [2.75, 3.05) is 56.2 Å². The number of esters is 1. The SMILES string of the molecule is CC[C@H](C)[C@@H]1NC(=O)[C@@H](CCCNC(=N)NC(=O)Nc2ccc(N3CCOCC3)cc2)NC(=O)[C@H](CC(C)C)NC(=O)[C@H]([C@H](O)C(C)C)NC(=O)[C@@H](NC(=O)[C@H](CC(C)C)NC(=O)[C@H](N)CC(C)C)[C@@H](c2ccccc2)OC(=O)[C@H](CO)NC(=O)[C@H]([C@H](O)C(N)=O)NC(=O)CNC(=O)[C@H]([C@H](C)O)NC1=O. The van der Waals surface area contributed by atoms with Crippen molar-refractivity contribution >= 4 is 94.3 Å². The highest BCUT2D eigenvalue weighted by Gasteiger charge is 2.44. The molecule has 0 aromatic heterocycles. The fraction of sp³-hybridized carbons (Fsp3) is 0.623. The van der Waals surface area contributed by atoms with Crippen LogP contribution in [0.15, 0.2) is 54.6 Å². The molecule has 2 saturated heterocycles. The molecule has 22 N–H and O–H groups in total. The van der Waals surface area contributed by atoms with Gasteiger partial charge in [0.1, 0.15) is 48.3 Å². The average Bonchev–Trinajstić information content (AvgIpc) is 0.813. The number of carbonyl (C=O) groups is 13. The number of amides is 13. The highest BCUT2D eigenvalue weighted by atomic mass is 16.5. The first kappa shape index (κ1) is 87.8. The lowest BCUT2D eigenvalue weighted by molar-refractivity contribution is -0.159. The minimum atomic E-state index is -2.60. The lowest BCUT2D eigenvalue weighted by Gasteiger charge is -2.34.